The van der Waals surface area contributed by atoms with Crippen molar-refractivity contribution in [1.29, 1.82) is 0 Å². The third kappa shape index (κ3) is 2.74. The molecular weight excluding hydrogens is 225 g/mol. The average Bonchev–Trinajstić information content (AvgIpc) is 2.32. The fourth-order valence-electron chi connectivity index (χ4n) is 3.21. The first-order valence-corrected chi connectivity index (χ1v) is 6.89. The van der Waals surface area contributed by atoms with Crippen molar-refractivity contribution >= 4 is 0 Å². The molecule has 0 heterocycles. The van der Waals surface area contributed by atoms with Crippen LogP contribution in [-0.2, 0) is 0 Å². The molecule has 0 saturated heterocycles. The molecule has 2 heteroatoms. The maximum absolute atomic E-state index is 13.4. The Hall–Kier alpha value is -0.890. The van der Waals surface area contributed by atoms with Gasteiger partial charge in [0, 0.05) is 0 Å². The topological polar surface area (TPSA) is 26.0 Å². The molecule has 0 aliphatic heterocycles. The van der Waals surface area contributed by atoms with Crippen LogP contribution < -0.4 is 5.73 Å². The lowest BCUT2D eigenvalue weighted by atomic mass is 9.65. The SMILES string of the molecule is Cc1cc(C2CC(C)(C)CCC2CN)ccc1F. The monoisotopic (exact) mass is 249 g/mol. The van der Waals surface area contributed by atoms with E-state index in [0.29, 0.717) is 17.3 Å². The Bertz CT molecular complexity index is 425. The van der Waals surface area contributed by atoms with Gasteiger partial charge in [0.15, 0.2) is 0 Å². The van der Waals surface area contributed by atoms with Crippen LogP contribution in [0.4, 0.5) is 4.39 Å². The molecule has 0 amide bonds. The summed E-state index contributed by atoms with van der Waals surface area (Å²) in [6.07, 6.45) is 3.58. The summed E-state index contributed by atoms with van der Waals surface area (Å²) in [6.45, 7) is 7.22. The Morgan fingerprint density at radius 3 is 2.72 bits per heavy atom. The van der Waals surface area contributed by atoms with Crippen LogP contribution in [-0.4, -0.2) is 6.54 Å². The molecule has 0 aromatic heterocycles. The van der Waals surface area contributed by atoms with Gasteiger partial charge in [-0.25, -0.2) is 4.39 Å². The molecule has 1 aromatic rings. The highest BCUT2D eigenvalue weighted by atomic mass is 19.1. The highest BCUT2D eigenvalue weighted by Crippen LogP contribution is 2.46. The van der Waals surface area contributed by atoms with E-state index in [9.17, 15) is 4.39 Å². The van der Waals surface area contributed by atoms with Gasteiger partial charge in [-0.2, -0.15) is 0 Å². The molecule has 0 bridgehead atoms. The Balaban J connectivity index is 2.29. The van der Waals surface area contributed by atoms with Crippen LogP contribution in [0.1, 0.15) is 50.2 Å². The maximum Gasteiger partial charge on any atom is 0.126 e. The van der Waals surface area contributed by atoms with E-state index in [4.69, 9.17) is 5.73 Å². The number of benzene rings is 1. The predicted octanol–water partition coefficient (Wildman–Crippen LogP) is 4.00. The van der Waals surface area contributed by atoms with E-state index in [1.165, 1.54) is 18.4 Å². The number of hydrogen-bond donors (Lipinski definition) is 1. The third-order valence-electron chi connectivity index (χ3n) is 4.45. The number of aryl methyl sites for hydroxylation is 1. The van der Waals surface area contributed by atoms with Gasteiger partial charge < -0.3 is 5.73 Å². The van der Waals surface area contributed by atoms with Crippen LogP contribution in [0, 0.1) is 24.1 Å². The zero-order valence-electron chi connectivity index (χ0n) is 11.7. The van der Waals surface area contributed by atoms with Gasteiger partial charge in [-0.15, -0.1) is 0 Å². The van der Waals surface area contributed by atoms with Gasteiger partial charge in [-0.1, -0.05) is 26.0 Å². The first kappa shape index (κ1) is 13.5. The van der Waals surface area contributed by atoms with Gasteiger partial charge in [0.25, 0.3) is 0 Å². The smallest absolute Gasteiger partial charge is 0.126 e. The zero-order chi connectivity index (χ0) is 13.3. The van der Waals surface area contributed by atoms with Gasteiger partial charge in [0.2, 0.25) is 0 Å². The third-order valence-corrected chi connectivity index (χ3v) is 4.45. The molecule has 1 fully saturated rings. The summed E-state index contributed by atoms with van der Waals surface area (Å²) in [5.41, 5.74) is 8.29. The van der Waals surface area contributed by atoms with Crippen molar-refractivity contribution in [2.75, 3.05) is 6.54 Å². The molecule has 1 aliphatic rings. The zero-order valence-corrected chi connectivity index (χ0v) is 11.7. The first-order valence-electron chi connectivity index (χ1n) is 6.89. The van der Waals surface area contributed by atoms with E-state index in [1.54, 1.807) is 6.07 Å². The van der Waals surface area contributed by atoms with Crippen molar-refractivity contribution in [2.24, 2.45) is 17.1 Å². The summed E-state index contributed by atoms with van der Waals surface area (Å²) in [5.74, 6) is 0.916. The predicted molar refractivity (Wildman–Crippen MR) is 74.1 cm³/mol. The summed E-state index contributed by atoms with van der Waals surface area (Å²) in [5, 5.41) is 0. The molecule has 2 atom stereocenters. The molecule has 1 nitrogen and oxygen atoms in total. The van der Waals surface area contributed by atoms with Crippen molar-refractivity contribution in [2.45, 2.75) is 46.0 Å². The molecular formula is C16H24FN. The Labute approximate surface area is 110 Å². The molecule has 18 heavy (non-hydrogen) atoms. The minimum absolute atomic E-state index is 0.113. The molecule has 0 radical (unpaired) electrons. The standard InChI is InChI=1S/C16H24FN/c1-11-8-12(4-5-15(11)17)14-9-16(2,3)7-6-13(14)10-18/h4-5,8,13-14H,6-7,9-10,18H2,1-3H3. The summed E-state index contributed by atoms with van der Waals surface area (Å²) >= 11 is 0. The van der Waals surface area contributed by atoms with E-state index in [0.717, 1.165) is 18.5 Å². The van der Waals surface area contributed by atoms with Gasteiger partial charge in [-0.05, 0) is 67.2 Å². The van der Waals surface area contributed by atoms with Gasteiger partial charge >= 0.3 is 0 Å². The highest BCUT2D eigenvalue weighted by Gasteiger charge is 2.35. The molecule has 2 unspecified atom stereocenters. The van der Waals surface area contributed by atoms with Crippen molar-refractivity contribution in [1.82, 2.24) is 0 Å². The van der Waals surface area contributed by atoms with Crippen LogP contribution in [0.25, 0.3) is 0 Å². The second-order valence-corrected chi connectivity index (χ2v) is 6.52. The van der Waals surface area contributed by atoms with Crippen LogP contribution in [0.3, 0.4) is 0 Å². The molecule has 1 aliphatic carbocycles. The first-order chi connectivity index (χ1) is 8.43. The number of halogens is 1. The minimum atomic E-state index is -0.113. The van der Waals surface area contributed by atoms with E-state index in [-0.39, 0.29) is 5.82 Å². The summed E-state index contributed by atoms with van der Waals surface area (Å²) in [6, 6.07) is 5.54. The molecule has 2 N–H and O–H groups in total. The van der Waals surface area contributed by atoms with Gasteiger partial charge in [0.1, 0.15) is 5.82 Å². The Kier molecular flexibility index (Phi) is 3.76. The molecule has 1 saturated carbocycles. The molecule has 2 rings (SSSR count). The molecule has 1 aromatic carbocycles. The van der Waals surface area contributed by atoms with E-state index in [2.05, 4.69) is 13.8 Å². The van der Waals surface area contributed by atoms with Crippen LogP contribution >= 0.6 is 0 Å². The normalized spacial score (nSPS) is 27.2. The molecule has 100 valence electrons. The Morgan fingerprint density at radius 2 is 2.11 bits per heavy atom. The van der Waals surface area contributed by atoms with E-state index >= 15 is 0 Å². The number of nitrogens with two attached hydrogens (primary N) is 1. The maximum atomic E-state index is 13.4. The summed E-state index contributed by atoms with van der Waals surface area (Å²) in [4.78, 5) is 0. The lowest BCUT2D eigenvalue weighted by Gasteiger charge is -2.41. The summed E-state index contributed by atoms with van der Waals surface area (Å²) in [7, 11) is 0. The van der Waals surface area contributed by atoms with Crippen LogP contribution in [0.2, 0.25) is 0 Å². The fraction of sp³-hybridized carbons (Fsp3) is 0.625. The quantitative estimate of drug-likeness (QED) is 0.842. The second-order valence-electron chi connectivity index (χ2n) is 6.52. The minimum Gasteiger partial charge on any atom is -0.330 e. The van der Waals surface area contributed by atoms with Crippen molar-refractivity contribution in [3.05, 3.63) is 35.1 Å². The van der Waals surface area contributed by atoms with Crippen LogP contribution in [0.15, 0.2) is 18.2 Å². The van der Waals surface area contributed by atoms with E-state index < -0.39 is 0 Å². The van der Waals surface area contributed by atoms with Gasteiger partial charge in [-0.3, -0.25) is 0 Å². The largest absolute Gasteiger partial charge is 0.330 e. The Morgan fingerprint density at radius 1 is 1.39 bits per heavy atom. The number of rotatable bonds is 2. The summed E-state index contributed by atoms with van der Waals surface area (Å²) < 4.78 is 13.4. The van der Waals surface area contributed by atoms with Crippen molar-refractivity contribution in [3.8, 4) is 0 Å². The van der Waals surface area contributed by atoms with Crippen molar-refractivity contribution in [3.63, 3.8) is 0 Å². The van der Waals surface area contributed by atoms with Crippen LogP contribution in [0.5, 0.6) is 0 Å². The van der Waals surface area contributed by atoms with Crippen molar-refractivity contribution < 1.29 is 4.39 Å². The lowest BCUT2D eigenvalue weighted by molar-refractivity contribution is 0.165. The van der Waals surface area contributed by atoms with Gasteiger partial charge in [0.05, 0.1) is 0 Å². The lowest BCUT2D eigenvalue weighted by Crippen LogP contribution is -2.32. The highest BCUT2D eigenvalue weighted by molar-refractivity contribution is 5.28. The average molecular weight is 249 g/mol. The fourth-order valence-corrected chi connectivity index (χ4v) is 3.21. The second kappa shape index (κ2) is 5.00. The van der Waals surface area contributed by atoms with E-state index in [1.807, 2.05) is 19.1 Å². The number of hydrogen-bond acceptors (Lipinski definition) is 1. The molecule has 0 spiro atoms.